The lowest BCUT2D eigenvalue weighted by Crippen LogP contribution is -2.28. The molecule has 6 nitrogen and oxygen atoms in total. The Hall–Kier alpha value is -1.21. The Labute approximate surface area is 101 Å². The Morgan fingerprint density at radius 2 is 2.38 bits per heavy atom. The van der Waals surface area contributed by atoms with Crippen molar-refractivity contribution in [1.29, 1.82) is 0 Å². The molecule has 1 aromatic rings. The van der Waals surface area contributed by atoms with Crippen LogP contribution in [0.3, 0.4) is 0 Å². The molecular weight excluding hydrogens is 278 g/mol. The highest BCUT2D eigenvalue weighted by atomic mass is 79.9. The number of aliphatic hydroxyl groups is 1. The van der Waals surface area contributed by atoms with Gasteiger partial charge in [0.2, 0.25) is 5.82 Å². The van der Waals surface area contributed by atoms with Crippen molar-refractivity contribution >= 4 is 27.4 Å². The Morgan fingerprint density at radius 3 is 2.88 bits per heavy atom. The second kappa shape index (κ2) is 5.22. The molecule has 0 aromatic carbocycles. The third-order valence-corrected chi connectivity index (χ3v) is 2.34. The van der Waals surface area contributed by atoms with Gasteiger partial charge in [-0.1, -0.05) is 0 Å². The van der Waals surface area contributed by atoms with Crippen molar-refractivity contribution in [3.05, 3.63) is 26.9 Å². The van der Waals surface area contributed by atoms with Gasteiger partial charge in [0, 0.05) is 30.3 Å². The first-order chi connectivity index (χ1) is 7.41. The van der Waals surface area contributed by atoms with Crippen molar-refractivity contribution in [3.63, 3.8) is 0 Å². The highest BCUT2D eigenvalue weighted by Crippen LogP contribution is 2.27. The van der Waals surface area contributed by atoms with Crippen LogP contribution in [0.15, 0.2) is 16.7 Å². The van der Waals surface area contributed by atoms with Crippen molar-refractivity contribution in [2.24, 2.45) is 0 Å². The molecule has 0 fully saturated rings. The fraction of sp³-hybridized carbons (Fsp3) is 0.444. The van der Waals surface area contributed by atoms with Crippen LogP contribution >= 0.6 is 15.9 Å². The normalized spacial score (nSPS) is 12.2. The smallest absolute Gasteiger partial charge is 0.312 e. The summed E-state index contributed by atoms with van der Waals surface area (Å²) in [5, 5.41) is 20.0. The van der Waals surface area contributed by atoms with Gasteiger partial charge in [0.05, 0.1) is 11.0 Å². The molecule has 0 saturated heterocycles. The number of hydrogen-bond donors (Lipinski definition) is 1. The number of aliphatic hydroxyl groups excluding tert-OH is 1. The molecule has 0 aliphatic rings. The van der Waals surface area contributed by atoms with Crippen molar-refractivity contribution in [2.45, 2.75) is 13.0 Å². The number of nitro groups is 1. The molecule has 1 rings (SSSR count). The van der Waals surface area contributed by atoms with Gasteiger partial charge in [0.1, 0.15) is 0 Å². The number of anilines is 1. The minimum atomic E-state index is -0.574. The third kappa shape index (κ3) is 3.14. The average Bonchev–Trinajstić information content (AvgIpc) is 2.16. The molecule has 1 unspecified atom stereocenters. The lowest BCUT2D eigenvalue weighted by molar-refractivity contribution is -0.384. The van der Waals surface area contributed by atoms with E-state index in [-0.39, 0.29) is 18.1 Å². The van der Waals surface area contributed by atoms with Gasteiger partial charge in [0.25, 0.3) is 0 Å². The summed E-state index contributed by atoms with van der Waals surface area (Å²) in [4.78, 5) is 15.9. The van der Waals surface area contributed by atoms with E-state index in [9.17, 15) is 15.2 Å². The van der Waals surface area contributed by atoms with E-state index in [0.29, 0.717) is 4.47 Å². The Kier molecular flexibility index (Phi) is 4.19. The number of hydrogen-bond acceptors (Lipinski definition) is 5. The zero-order chi connectivity index (χ0) is 12.3. The van der Waals surface area contributed by atoms with Crippen molar-refractivity contribution in [1.82, 2.24) is 4.98 Å². The third-order valence-electron chi connectivity index (χ3n) is 1.91. The molecule has 1 atom stereocenters. The van der Waals surface area contributed by atoms with Crippen LogP contribution < -0.4 is 4.90 Å². The number of pyridine rings is 1. The van der Waals surface area contributed by atoms with Crippen LogP contribution in [0.25, 0.3) is 0 Å². The molecule has 0 spiro atoms. The zero-order valence-corrected chi connectivity index (χ0v) is 10.5. The maximum absolute atomic E-state index is 10.8. The van der Waals surface area contributed by atoms with Gasteiger partial charge < -0.3 is 10.0 Å². The van der Waals surface area contributed by atoms with Gasteiger partial charge in [-0.05, 0) is 22.9 Å². The van der Waals surface area contributed by atoms with Gasteiger partial charge in [-0.3, -0.25) is 10.1 Å². The van der Waals surface area contributed by atoms with Gasteiger partial charge >= 0.3 is 5.69 Å². The predicted molar refractivity (Wildman–Crippen MR) is 63.5 cm³/mol. The van der Waals surface area contributed by atoms with E-state index in [4.69, 9.17) is 0 Å². The first-order valence-corrected chi connectivity index (χ1v) is 5.40. The molecule has 1 N–H and O–H groups in total. The molecule has 88 valence electrons. The molecule has 0 saturated carbocycles. The number of aromatic nitrogens is 1. The minimum Gasteiger partial charge on any atom is -0.392 e. The molecule has 0 radical (unpaired) electrons. The van der Waals surface area contributed by atoms with E-state index in [1.54, 1.807) is 18.9 Å². The van der Waals surface area contributed by atoms with Gasteiger partial charge in [-0.2, -0.15) is 0 Å². The van der Waals surface area contributed by atoms with E-state index in [0.717, 1.165) is 0 Å². The van der Waals surface area contributed by atoms with Crippen molar-refractivity contribution in [2.75, 3.05) is 18.5 Å². The largest absolute Gasteiger partial charge is 0.392 e. The Morgan fingerprint density at radius 1 is 1.75 bits per heavy atom. The quantitative estimate of drug-likeness (QED) is 0.672. The monoisotopic (exact) mass is 289 g/mol. The predicted octanol–water partition coefficient (Wildman–Crippen LogP) is 1.57. The Bertz CT molecular complexity index is 398. The summed E-state index contributed by atoms with van der Waals surface area (Å²) in [6.45, 7) is 1.90. The number of nitrogens with zero attached hydrogens (tertiary/aromatic N) is 3. The van der Waals surface area contributed by atoms with Gasteiger partial charge in [0.15, 0.2) is 0 Å². The molecule has 16 heavy (non-hydrogen) atoms. The molecular formula is C9H12BrN3O3. The zero-order valence-electron chi connectivity index (χ0n) is 8.92. The van der Waals surface area contributed by atoms with Crippen molar-refractivity contribution < 1.29 is 10.0 Å². The van der Waals surface area contributed by atoms with Gasteiger partial charge in [-0.25, -0.2) is 4.98 Å². The minimum absolute atomic E-state index is 0.0856. The second-order valence-electron chi connectivity index (χ2n) is 3.48. The highest BCUT2D eigenvalue weighted by Gasteiger charge is 2.19. The highest BCUT2D eigenvalue weighted by molar-refractivity contribution is 9.10. The summed E-state index contributed by atoms with van der Waals surface area (Å²) in [6.07, 6.45) is 0.913. The molecule has 0 bridgehead atoms. The van der Waals surface area contributed by atoms with Crippen molar-refractivity contribution in [3.8, 4) is 0 Å². The van der Waals surface area contributed by atoms with E-state index in [1.165, 1.54) is 12.3 Å². The van der Waals surface area contributed by atoms with Crippen LogP contribution in [-0.2, 0) is 0 Å². The topological polar surface area (TPSA) is 79.5 Å². The molecule has 1 heterocycles. The van der Waals surface area contributed by atoms with E-state index in [2.05, 4.69) is 20.9 Å². The second-order valence-corrected chi connectivity index (χ2v) is 4.40. The fourth-order valence-electron chi connectivity index (χ4n) is 1.33. The molecule has 0 aliphatic carbocycles. The maximum atomic E-state index is 10.8. The summed E-state index contributed by atoms with van der Waals surface area (Å²) < 4.78 is 0.549. The number of rotatable bonds is 4. The number of likely N-dealkylation sites (N-methyl/N-ethyl adjacent to an activating group) is 1. The van der Waals surface area contributed by atoms with Gasteiger partial charge in [-0.15, -0.1) is 0 Å². The molecule has 0 amide bonds. The SMILES string of the molecule is CC(O)CN(C)c1ncc(Br)cc1[N+](=O)[O-]. The first kappa shape index (κ1) is 12.9. The standard InChI is InChI=1S/C9H12BrN3O3/c1-6(14)5-12(2)9-8(13(15)16)3-7(10)4-11-9/h3-4,6,14H,5H2,1-2H3. The van der Waals surface area contributed by atoms with Crippen LogP contribution in [0, 0.1) is 10.1 Å². The lowest BCUT2D eigenvalue weighted by Gasteiger charge is -2.19. The van der Waals surface area contributed by atoms with Crippen LogP contribution in [0.5, 0.6) is 0 Å². The average molecular weight is 290 g/mol. The maximum Gasteiger partial charge on any atom is 0.312 e. The summed E-state index contributed by atoms with van der Waals surface area (Å²) in [5.41, 5.74) is -0.0856. The van der Waals surface area contributed by atoms with Crippen LogP contribution in [0.1, 0.15) is 6.92 Å². The first-order valence-electron chi connectivity index (χ1n) is 4.61. The van der Waals surface area contributed by atoms with E-state index < -0.39 is 11.0 Å². The summed E-state index contributed by atoms with van der Waals surface area (Å²) >= 11 is 3.13. The van der Waals surface area contributed by atoms with Crippen LogP contribution in [-0.4, -0.2) is 34.7 Å². The summed E-state index contributed by atoms with van der Waals surface area (Å²) in [7, 11) is 1.65. The molecule has 7 heteroatoms. The lowest BCUT2D eigenvalue weighted by atomic mass is 10.3. The number of halogens is 1. The van der Waals surface area contributed by atoms with E-state index in [1.807, 2.05) is 0 Å². The Balaban J connectivity index is 3.07. The van der Waals surface area contributed by atoms with Crippen LogP contribution in [0.4, 0.5) is 11.5 Å². The molecule has 1 aromatic heterocycles. The summed E-state index contributed by atoms with van der Waals surface area (Å²) in [6, 6.07) is 1.39. The van der Waals surface area contributed by atoms with Crippen LogP contribution in [0.2, 0.25) is 0 Å². The summed E-state index contributed by atoms with van der Waals surface area (Å²) in [5.74, 6) is 0.245. The van der Waals surface area contributed by atoms with E-state index >= 15 is 0 Å². The fourth-order valence-corrected chi connectivity index (χ4v) is 1.65. The molecule has 0 aliphatic heterocycles.